The Morgan fingerprint density at radius 1 is 1.03 bits per heavy atom. The molecule has 6 nitrogen and oxygen atoms in total. The van der Waals surface area contributed by atoms with Crippen molar-refractivity contribution >= 4 is 29.6 Å². The van der Waals surface area contributed by atoms with Gasteiger partial charge < -0.3 is 0 Å². The van der Waals surface area contributed by atoms with Gasteiger partial charge in [0.1, 0.15) is 0 Å². The van der Waals surface area contributed by atoms with Gasteiger partial charge in [0, 0.05) is 18.2 Å². The molecule has 0 saturated carbocycles. The molecule has 1 atom stereocenters. The van der Waals surface area contributed by atoms with Gasteiger partial charge in [-0.3, -0.25) is 5.01 Å². The molecule has 2 aliphatic heterocycles. The third-order valence-corrected chi connectivity index (χ3v) is 5.04. The number of rotatable bonds is 2. The van der Waals surface area contributed by atoms with Gasteiger partial charge in [0.15, 0.2) is 17.3 Å². The van der Waals surface area contributed by atoms with E-state index in [4.69, 9.17) is 0 Å². The molecule has 4 rings (SSSR count). The SMILES string of the molecule is CC(C)[N+]1=C2C=NN(C)C2C(=O)N(c2c(F)cc(C#Cc3ccccc3)cc2F)C1=O. The summed E-state index contributed by atoms with van der Waals surface area (Å²) in [6, 6.07) is 8.91. The molecule has 31 heavy (non-hydrogen) atoms. The summed E-state index contributed by atoms with van der Waals surface area (Å²) in [5.74, 6) is 2.67. The third kappa shape index (κ3) is 3.48. The van der Waals surface area contributed by atoms with E-state index in [0.29, 0.717) is 16.2 Å². The molecule has 0 bridgehead atoms. The number of halogens is 2. The molecule has 2 heterocycles. The summed E-state index contributed by atoms with van der Waals surface area (Å²) < 4.78 is 31.3. The van der Waals surface area contributed by atoms with Crippen molar-refractivity contribution < 1.29 is 22.9 Å². The molecule has 0 aromatic heterocycles. The van der Waals surface area contributed by atoms with E-state index in [1.807, 2.05) is 6.07 Å². The van der Waals surface area contributed by atoms with E-state index in [1.165, 1.54) is 15.8 Å². The number of likely N-dealkylation sites (N-methyl/N-ethyl adjacent to an activating group) is 1. The van der Waals surface area contributed by atoms with E-state index in [1.54, 1.807) is 45.2 Å². The third-order valence-electron chi connectivity index (χ3n) is 5.04. The summed E-state index contributed by atoms with van der Waals surface area (Å²) in [6.45, 7) is 3.49. The molecular weight excluding hydrogens is 402 g/mol. The summed E-state index contributed by atoms with van der Waals surface area (Å²) in [4.78, 5) is 26.7. The van der Waals surface area contributed by atoms with Crippen LogP contribution in [0.25, 0.3) is 0 Å². The molecule has 8 heteroatoms. The summed E-state index contributed by atoms with van der Waals surface area (Å²) in [6.07, 6.45) is 1.42. The number of anilines is 1. The molecule has 0 spiro atoms. The summed E-state index contributed by atoms with van der Waals surface area (Å²) in [5.41, 5.74) is 0.447. The molecule has 1 unspecified atom stereocenters. The number of urea groups is 1. The van der Waals surface area contributed by atoms with Crippen molar-refractivity contribution in [2.75, 3.05) is 11.9 Å². The predicted octanol–water partition coefficient (Wildman–Crippen LogP) is 2.99. The number of fused-ring (bicyclic) bond motifs is 1. The van der Waals surface area contributed by atoms with Gasteiger partial charge >= 0.3 is 11.9 Å². The van der Waals surface area contributed by atoms with Crippen molar-refractivity contribution in [3.8, 4) is 11.8 Å². The van der Waals surface area contributed by atoms with E-state index in [9.17, 15) is 9.59 Å². The van der Waals surface area contributed by atoms with Crippen LogP contribution in [0.15, 0.2) is 47.6 Å². The van der Waals surface area contributed by atoms with E-state index in [2.05, 4.69) is 16.9 Å². The number of carbonyl (C=O) groups excluding carboxylic acids is 2. The highest BCUT2D eigenvalue weighted by Crippen LogP contribution is 2.30. The first kappa shape index (κ1) is 20.4. The topological polar surface area (TPSA) is 56.0 Å². The summed E-state index contributed by atoms with van der Waals surface area (Å²) in [7, 11) is 1.56. The molecule has 0 fully saturated rings. The highest BCUT2D eigenvalue weighted by Gasteiger charge is 2.54. The Morgan fingerprint density at radius 3 is 2.26 bits per heavy atom. The maximum absolute atomic E-state index is 15.0. The van der Waals surface area contributed by atoms with Crippen molar-refractivity contribution in [3.05, 3.63) is 65.2 Å². The van der Waals surface area contributed by atoms with E-state index in [0.717, 1.165) is 12.1 Å². The number of imide groups is 1. The Labute approximate surface area is 178 Å². The second-order valence-electron chi connectivity index (χ2n) is 7.47. The fraction of sp³-hybridized carbons (Fsp3) is 0.217. The quantitative estimate of drug-likeness (QED) is 0.554. The number of carbonyl (C=O) groups is 2. The normalized spacial score (nSPS) is 17.9. The van der Waals surface area contributed by atoms with Crippen LogP contribution in [-0.2, 0) is 4.79 Å². The minimum Gasteiger partial charge on any atom is -0.277 e. The van der Waals surface area contributed by atoms with Gasteiger partial charge in [0.05, 0.1) is 12.3 Å². The Bertz CT molecular complexity index is 1190. The number of benzene rings is 2. The molecule has 0 aliphatic carbocycles. The number of nitrogens with zero attached hydrogens (tertiary/aromatic N) is 4. The van der Waals surface area contributed by atoms with Gasteiger partial charge in [-0.05, 0) is 38.1 Å². The fourth-order valence-electron chi connectivity index (χ4n) is 3.64. The lowest BCUT2D eigenvalue weighted by Crippen LogP contribution is -2.61. The lowest BCUT2D eigenvalue weighted by molar-refractivity contribution is -0.461. The zero-order valence-electron chi connectivity index (χ0n) is 17.1. The summed E-state index contributed by atoms with van der Waals surface area (Å²) >= 11 is 0. The van der Waals surface area contributed by atoms with E-state index < -0.39 is 35.3 Å². The number of hydrogen-bond donors (Lipinski definition) is 0. The maximum atomic E-state index is 15.0. The van der Waals surface area contributed by atoms with Crippen LogP contribution in [0, 0.1) is 23.5 Å². The van der Waals surface area contributed by atoms with Crippen LogP contribution < -0.4 is 4.90 Å². The number of hydrazone groups is 1. The van der Waals surface area contributed by atoms with Crippen molar-refractivity contribution in [1.29, 1.82) is 0 Å². The van der Waals surface area contributed by atoms with E-state index in [-0.39, 0.29) is 11.6 Å². The second kappa shape index (κ2) is 7.76. The lowest BCUT2D eigenvalue weighted by Gasteiger charge is -2.28. The van der Waals surface area contributed by atoms with Crippen molar-refractivity contribution in [3.63, 3.8) is 0 Å². The van der Waals surface area contributed by atoms with Crippen LogP contribution >= 0.6 is 0 Å². The first-order valence-corrected chi connectivity index (χ1v) is 9.66. The van der Waals surface area contributed by atoms with Crippen LogP contribution in [0.2, 0.25) is 0 Å². The zero-order valence-corrected chi connectivity index (χ0v) is 17.1. The Hall–Kier alpha value is -3.86. The van der Waals surface area contributed by atoms with Gasteiger partial charge in [-0.2, -0.15) is 14.5 Å². The predicted molar refractivity (Wildman–Crippen MR) is 112 cm³/mol. The van der Waals surface area contributed by atoms with Crippen LogP contribution in [0.1, 0.15) is 25.0 Å². The largest absolute Gasteiger partial charge is 0.506 e. The van der Waals surface area contributed by atoms with Gasteiger partial charge in [-0.1, -0.05) is 30.0 Å². The first-order chi connectivity index (χ1) is 14.8. The molecule has 2 aromatic rings. The molecule has 3 amide bonds. The molecular formula is C23H19F2N4O2+. The van der Waals surface area contributed by atoms with Gasteiger partial charge in [0.25, 0.3) is 0 Å². The van der Waals surface area contributed by atoms with Crippen molar-refractivity contribution in [2.45, 2.75) is 25.9 Å². The Kier molecular flexibility index (Phi) is 5.11. The number of amides is 3. The molecule has 2 aliphatic rings. The molecule has 2 aromatic carbocycles. The smallest absolute Gasteiger partial charge is 0.277 e. The Balaban J connectivity index is 1.77. The molecule has 0 N–H and O–H groups in total. The van der Waals surface area contributed by atoms with E-state index >= 15 is 8.78 Å². The second-order valence-corrected chi connectivity index (χ2v) is 7.47. The monoisotopic (exact) mass is 421 g/mol. The first-order valence-electron chi connectivity index (χ1n) is 9.66. The highest BCUT2D eigenvalue weighted by molar-refractivity contribution is 6.42. The zero-order chi connectivity index (χ0) is 22.3. The van der Waals surface area contributed by atoms with Gasteiger partial charge in [-0.25, -0.2) is 13.6 Å². The minimum atomic E-state index is -1.05. The van der Waals surface area contributed by atoms with Crippen LogP contribution in [0.3, 0.4) is 0 Å². The van der Waals surface area contributed by atoms with Gasteiger partial charge in [-0.15, -0.1) is 4.90 Å². The van der Waals surface area contributed by atoms with Crippen LogP contribution in [0.5, 0.6) is 0 Å². The standard InChI is InChI=1S/C23H19F2N4O2/c1-14(2)28-19-13-26-27(3)21(19)22(30)29(23(28)31)20-17(24)11-16(12-18(20)25)10-9-15-7-5-4-6-8-15/h4-8,11-14,21H,1-3H3/q+1. The minimum absolute atomic E-state index is 0.0915. The van der Waals surface area contributed by atoms with Crippen molar-refractivity contribution in [1.82, 2.24) is 5.01 Å². The molecule has 156 valence electrons. The molecule has 0 saturated heterocycles. The fourth-order valence-corrected chi connectivity index (χ4v) is 3.64. The summed E-state index contributed by atoms with van der Waals surface area (Å²) in [5, 5.41) is 5.43. The van der Waals surface area contributed by atoms with Crippen molar-refractivity contribution in [2.24, 2.45) is 5.10 Å². The van der Waals surface area contributed by atoms with Crippen LogP contribution in [0.4, 0.5) is 19.3 Å². The highest BCUT2D eigenvalue weighted by atomic mass is 19.1. The molecule has 0 radical (unpaired) electrons. The lowest BCUT2D eigenvalue weighted by atomic mass is 10.1. The number of hydrogen-bond acceptors (Lipinski definition) is 4. The average Bonchev–Trinajstić information content (AvgIpc) is 3.10. The average molecular weight is 421 g/mol. The van der Waals surface area contributed by atoms with Crippen LogP contribution in [-0.4, -0.2) is 52.6 Å². The Morgan fingerprint density at radius 2 is 1.65 bits per heavy atom. The maximum Gasteiger partial charge on any atom is 0.506 e. The van der Waals surface area contributed by atoms with Gasteiger partial charge in [0.2, 0.25) is 11.7 Å².